The van der Waals surface area contributed by atoms with Gasteiger partial charge in [-0.25, -0.2) is 4.79 Å². The first-order valence-electron chi connectivity index (χ1n) is 12.4. The highest BCUT2D eigenvalue weighted by Crippen LogP contribution is 2.61. The lowest BCUT2D eigenvalue weighted by Crippen LogP contribution is -2.33. The van der Waals surface area contributed by atoms with Gasteiger partial charge in [0.25, 0.3) is 0 Å². The number of anilines is 1. The van der Waals surface area contributed by atoms with Gasteiger partial charge in [-0.15, -0.1) is 0 Å². The van der Waals surface area contributed by atoms with E-state index in [9.17, 15) is 19.2 Å². The normalized spacial score (nSPS) is 25.9. The Hall–Kier alpha value is -3.77. The average Bonchev–Trinajstić information content (AvgIpc) is 3.59. The number of hydrogen-bond acceptors (Lipinski definition) is 5. The van der Waals surface area contributed by atoms with Crippen molar-refractivity contribution in [3.05, 3.63) is 101 Å². The predicted molar refractivity (Wildman–Crippen MR) is 137 cm³/mol. The van der Waals surface area contributed by atoms with Crippen LogP contribution in [0.4, 0.5) is 5.69 Å². The molecule has 6 nitrogen and oxygen atoms in total. The Morgan fingerprint density at radius 2 is 1.57 bits per heavy atom. The molecule has 3 aromatic carbocycles. The second kappa shape index (κ2) is 9.27. The Kier molecular flexibility index (Phi) is 5.92. The van der Waals surface area contributed by atoms with E-state index in [-0.39, 0.29) is 52.8 Å². The van der Waals surface area contributed by atoms with E-state index >= 15 is 0 Å². The third-order valence-electron chi connectivity index (χ3n) is 8.08. The molecule has 1 heterocycles. The quantitative estimate of drug-likeness (QED) is 0.253. The molecule has 2 amide bonds. The third-order valence-corrected chi connectivity index (χ3v) is 8.34. The van der Waals surface area contributed by atoms with Gasteiger partial charge in [-0.05, 0) is 78.6 Å². The van der Waals surface area contributed by atoms with Crippen LogP contribution in [0.1, 0.15) is 45.0 Å². The summed E-state index contributed by atoms with van der Waals surface area (Å²) in [4.78, 5) is 53.3. The average molecular weight is 514 g/mol. The Morgan fingerprint density at radius 1 is 0.838 bits per heavy atom. The van der Waals surface area contributed by atoms with Crippen molar-refractivity contribution >= 4 is 40.9 Å². The minimum atomic E-state index is -0.701. The predicted octanol–water partition coefficient (Wildman–Crippen LogP) is 5.31. The van der Waals surface area contributed by atoms with E-state index in [1.165, 1.54) is 16.5 Å². The van der Waals surface area contributed by atoms with Gasteiger partial charge in [0.1, 0.15) is 0 Å². The molecule has 3 aliphatic rings. The molecule has 0 radical (unpaired) electrons. The zero-order valence-electron chi connectivity index (χ0n) is 19.9. The van der Waals surface area contributed by atoms with Crippen molar-refractivity contribution in [3.63, 3.8) is 0 Å². The molecular weight excluding hydrogens is 490 g/mol. The molecule has 0 N–H and O–H groups in total. The van der Waals surface area contributed by atoms with E-state index in [2.05, 4.69) is 12.1 Å². The Bertz CT molecular complexity index is 1400. The van der Waals surface area contributed by atoms with Crippen LogP contribution in [0.2, 0.25) is 5.02 Å². The zero-order chi connectivity index (χ0) is 25.7. The number of rotatable bonds is 6. The lowest BCUT2D eigenvalue weighted by atomic mass is 9.73. The molecule has 2 bridgehead atoms. The summed E-state index contributed by atoms with van der Waals surface area (Å²) in [5, 5.41) is 0.504. The summed E-state index contributed by atoms with van der Waals surface area (Å²) in [5.74, 6) is -1.45. The fourth-order valence-corrected chi connectivity index (χ4v) is 6.63. The smallest absolute Gasteiger partial charge is 0.338 e. The summed E-state index contributed by atoms with van der Waals surface area (Å²) in [6, 6.07) is 22.8. The maximum Gasteiger partial charge on any atom is 0.338 e. The minimum absolute atomic E-state index is 0.144. The van der Waals surface area contributed by atoms with Crippen molar-refractivity contribution in [1.82, 2.24) is 0 Å². The van der Waals surface area contributed by atoms with Gasteiger partial charge in [0, 0.05) is 10.6 Å². The van der Waals surface area contributed by atoms with E-state index in [0.717, 1.165) is 12.8 Å². The summed E-state index contributed by atoms with van der Waals surface area (Å²) >= 11 is 5.85. The van der Waals surface area contributed by atoms with E-state index in [0.29, 0.717) is 16.3 Å². The number of fused-ring (bicyclic) bond motifs is 5. The van der Waals surface area contributed by atoms with Gasteiger partial charge >= 0.3 is 5.97 Å². The largest absolute Gasteiger partial charge is 0.454 e. The lowest BCUT2D eigenvalue weighted by Gasteiger charge is -2.28. The first kappa shape index (κ1) is 23.6. The second-order valence-electron chi connectivity index (χ2n) is 10.0. The summed E-state index contributed by atoms with van der Waals surface area (Å²) in [5.41, 5.74) is 2.14. The summed E-state index contributed by atoms with van der Waals surface area (Å²) in [6.07, 6.45) is 1.81. The van der Waals surface area contributed by atoms with Crippen LogP contribution in [0.25, 0.3) is 0 Å². The molecule has 3 fully saturated rings. The van der Waals surface area contributed by atoms with Gasteiger partial charge in [-0.3, -0.25) is 19.3 Å². The van der Waals surface area contributed by atoms with Crippen molar-refractivity contribution in [3.8, 4) is 0 Å². The van der Waals surface area contributed by atoms with Gasteiger partial charge in [-0.2, -0.15) is 0 Å². The molecule has 1 aliphatic heterocycles. The Labute approximate surface area is 219 Å². The molecule has 1 saturated heterocycles. The maximum absolute atomic E-state index is 13.6. The SMILES string of the molecule is O=C(COC(=O)c1cccc(N2C(=O)[C@@H]3[C@@H]4C[C@H]([C@H]3C2=O)[C@H](c2ccccc2)C4)c1)c1ccc(Cl)cc1. The van der Waals surface area contributed by atoms with Crippen LogP contribution in [0.5, 0.6) is 0 Å². The van der Waals surface area contributed by atoms with Gasteiger partial charge in [0.15, 0.2) is 12.4 Å². The van der Waals surface area contributed by atoms with Crippen molar-refractivity contribution in [2.24, 2.45) is 23.7 Å². The molecule has 0 unspecified atom stereocenters. The number of ether oxygens (including phenoxy) is 1. The molecule has 6 rings (SSSR count). The number of amides is 2. The highest BCUT2D eigenvalue weighted by atomic mass is 35.5. The monoisotopic (exact) mass is 513 g/mol. The highest BCUT2D eigenvalue weighted by Gasteiger charge is 2.64. The molecular formula is C30H24ClNO5. The van der Waals surface area contributed by atoms with Crippen LogP contribution in [0.15, 0.2) is 78.9 Å². The van der Waals surface area contributed by atoms with Crippen LogP contribution < -0.4 is 4.90 Å². The van der Waals surface area contributed by atoms with E-state index in [1.807, 2.05) is 18.2 Å². The van der Waals surface area contributed by atoms with Crippen molar-refractivity contribution in [2.75, 3.05) is 11.5 Å². The molecule has 2 aliphatic carbocycles. The number of nitrogens with zero attached hydrogens (tertiary/aromatic N) is 1. The van der Waals surface area contributed by atoms with Crippen molar-refractivity contribution in [2.45, 2.75) is 18.8 Å². The standard InChI is InChI=1S/C30H24ClNO5/c31-21-11-9-18(10-12-21)25(33)16-37-30(36)19-7-4-8-22(13-19)32-28(34)26-20-14-23(17-5-2-1-3-6-17)24(15-20)27(26)29(32)35/h1-13,20,23-24,26-27H,14-16H2/t20-,23-,24-,26+,27+/m0/s1. The fourth-order valence-electron chi connectivity index (χ4n) is 6.50. The molecule has 186 valence electrons. The number of ketones is 1. The number of imide groups is 1. The number of carbonyl (C=O) groups excluding carboxylic acids is 4. The van der Waals surface area contributed by atoms with Gasteiger partial charge in [0.2, 0.25) is 11.8 Å². The molecule has 0 aromatic heterocycles. The van der Waals surface area contributed by atoms with Crippen LogP contribution in [-0.2, 0) is 14.3 Å². The molecule has 0 spiro atoms. The minimum Gasteiger partial charge on any atom is -0.454 e. The second-order valence-corrected chi connectivity index (χ2v) is 10.5. The number of Topliss-reactive ketones (excluding diaryl/α,β-unsaturated/α-hetero) is 1. The van der Waals surface area contributed by atoms with E-state index in [1.54, 1.807) is 42.5 Å². The van der Waals surface area contributed by atoms with Gasteiger partial charge in [-0.1, -0.05) is 48.0 Å². The number of benzene rings is 3. The zero-order valence-corrected chi connectivity index (χ0v) is 20.6. The fraction of sp³-hybridized carbons (Fsp3) is 0.267. The van der Waals surface area contributed by atoms with E-state index in [4.69, 9.17) is 16.3 Å². The number of carbonyl (C=O) groups is 4. The van der Waals surface area contributed by atoms with Crippen LogP contribution >= 0.6 is 11.6 Å². The van der Waals surface area contributed by atoms with E-state index < -0.39 is 12.6 Å². The molecule has 37 heavy (non-hydrogen) atoms. The molecule has 5 atom stereocenters. The molecule has 7 heteroatoms. The number of halogens is 1. The Morgan fingerprint density at radius 3 is 2.32 bits per heavy atom. The van der Waals surface area contributed by atoms with Crippen LogP contribution in [0.3, 0.4) is 0 Å². The Balaban J connectivity index is 1.18. The summed E-state index contributed by atoms with van der Waals surface area (Å²) in [7, 11) is 0. The summed E-state index contributed by atoms with van der Waals surface area (Å²) in [6.45, 7) is -0.430. The van der Waals surface area contributed by atoms with Gasteiger partial charge < -0.3 is 4.74 Å². The van der Waals surface area contributed by atoms with Crippen LogP contribution in [-0.4, -0.2) is 30.2 Å². The molecule has 3 aromatic rings. The first-order valence-corrected chi connectivity index (χ1v) is 12.8. The van der Waals surface area contributed by atoms with Crippen molar-refractivity contribution < 1.29 is 23.9 Å². The topological polar surface area (TPSA) is 80.8 Å². The lowest BCUT2D eigenvalue weighted by molar-refractivity contribution is -0.123. The highest BCUT2D eigenvalue weighted by molar-refractivity contribution is 6.30. The maximum atomic E-state index is 13.6. The summed E-state index contributed by atoms with van der Waals surface area (Å²) < 4.78 is 5.22. The number of hydrogen-bond donors (Lipinski definition) is 0. The van der Waals surface area contributed by atoms with Crippen LogP contribution in [0, 0.1) is 23.7 Å². The van der Waals surface area contributed by atoms with Gasteiger partial charge in [0.05, 0.1) is 23.1 Å². The van der Waals surface area contributed by atoms with Crippen molar-refractivity contribution in [1.29, 1.82) is 0 Å². The number of esters is 1. The first-order chi connectivity index (χ1) is 17.9. The third kappa shape index (κ3) is 4.05. The molecule has 2 saturated carbocycles.